The van der Waals surface area contributed by atoms with E-state index in [1.807, 2.05) is 6.33 Å². The monoisotopic (exact) mass is 312 g/mol. The van der Waals surface area contributed by atoms with Crippen molar-refractivity contribution in [3.63, 3.8) is 0 Å². The molecule has 1 N–H and O–H groups in total. The number of rotatable bonds is 6. The fourth-order valence-electron chi connectivity index (χ4n) is 2.91. The van der Waals surface area contributed by atoms with Crippen LogP contribution in [-0.2, 0) is 23.1 Å². The van der Waals surface area contributed by atoms with Crippen LogP contribution in [0.3, 0.4) is 0 Å². The lowest BCUT2D eigenvalue weighted by Crippen LogP contribution is -2.40. The minimum atomic E-state index is -3.06. The van der Waals surface area contributed by atoms with Crippen LogP contribution in [0.15, 0.2) is 12.5 Å². The molecule has 118 valence electrons. The highest BCUT2D eigenvalue weighted by Crippen LogP contribution is 2.21. The van der Waals surface area contributed by atoms with Gasteiger partial charge in [-0.1, -0.05) is 0 Å². The Balaban J connectivity index is 1.53. The zero-order valence-electron chi connectivity index (χ0n) is 12.5. The van der Waals surface area contributed by atoms with E-state index in [1.54, 1.807) is 4.31 Å². The number of nitrogens with zero attached hydrogens (tertiary/aromatic N) is 3. The first kappa shape index (κ1) is 15.0. The molecule has 1 atom stereocenters. The Labute approximate surface area is 126 Å². The Morgan fingerprint density at radius 1 is 1.38 bits per heavy atom. The summed E-state index contributed by atoms with van der Waals surface area (Å²) in [5, 5.41) is 3.45. The van der Waals surface area contributed by atoms with E-state index in [0.717, 1.165) is 31.6 Å². The van der Waals surface area contributed by atoms with Gasteiger partial charge >= 0.3 is 0 Å². The van der Waals surface area contributed by atoms with Gasteiger partial charge in [-0.25, -0.2) is 17.7 Å². The largest absolute Gasteiger partial charge is 0.337 e. The molecule has 0 spiro atoms. The van der Waals surface area contributed by atoms with E-state index < -0.39 is 10.0 Å². The molecule has 7 heteroatoms. The molecule has 21 heavy (non-hydrogen) atoms. The molecule has 1 aromatic rings. The fourth-order valence-corrected chi connectivity index (χ4v) is 3.85. The summed E-state index contributed by atoms with van der Waals surface area (Å²) in [6.07, 6.45) is 9.84. The minimum absolute atomic E-state index is 0.381. The number of piperidine rings is 1. The summed E-state index contributed by atoms with van der Waals surface area (Å²) in [5.41, 5.74) is 1.07. The van der Waals surface area contributed by atoms with Gasteiger partial charge in [0.2, 0.25) is 10.0 Å². The maximum atomic E-state index is 11.6. The Bertz CT molecular complexity index is 580. The van der Waals surface area contributed by atoms with Gasteiger partial charge in [0.25, 0.3) is 0 Å². The third kappa shape index (κ3) is 4.28. The predicted molar refractivity (Wildman–Crippen MR) is 81.2 cm³/mol. The Kier molecular flexibility index (Phi) is 4.33. The van der Waals surface area contributed by atoms with E-state index in [1.165, 1.54) is 19.1 Å². The first-order valence-corrected chi connectivity index (χ1v) is 9.55. The van der Waals surface area contributed by atoms with Gasteiger partial charge in [-0.3, -0.25) is 0 Å². The van der Waals surface area contributed by atoms with Crippen LogP contribution in [0.4, 0.5) is 0 Å². The van der Waals surface area contributed by atoms with Gasteiger partial charge in [0.05, 0.1) is 18.3 Å². The SMILES string of the molecule is CS(=O)(=O)N1CCCC(Cn2cnc(CNC3CC3)c2)C1. The molecule has 1 saturated carbocycles. The highest BCUT2D eigenvalue weighted by molar-refractivity contribution is 7.88. The molecule has 1 unspecified atom stereocenters. The average Bonchev–Trinajstić information content (AvgIpc) is 3.16. The molecule has 3 rings (SSSR count). The summed E-state index contributed by atoms with van der Waals surface area (Å²) in [7, 11) is -3.06. The van der Waals surface area contributed by atoms with Crippen molar-refractivity contribution in [1.29, 1.82) is 0 Å². The van der Waals surface area contributed by atoms with Crippen molar-refractivity contribution in [2.45, 2.75) is 44.8 Å². The Hall–Kier alpha value is -0.920. The topological polar surface area (TPSA) is 67.2 Å². The first-order valence-electron chi connectivity index (χ1n) is 7.70. The van der Waals surface area contributed by atoms with Crippen LogP contribution >= 0.6 is 0 Å². The molecule has 0 amide bonds. The highest BCUT2D eigenvalue weighted by atomic mass is 32.2. The maximum absolute atomic E-state index is 11.6. The van der Waals surface area contributed by atoms with Crippen LogP contribution in [0, 0.1) is 5.92 Å². The van der Waals surface area contributed by atoms with Crippen molar-refractivity contribution in [3.8, 4) is 0 Å². The molecule has 1 aliphatic carbocycles. The standard InChI is InChI=1S/C14H24N4O2S/c1-21(19,20)18-6-2-3-12(9-18)8-17-10-14(16-11-17)7-15-13-4-5-13/h10-13,15H,2-9H2,1H3. The third-order valence-electron chi connectivity index (χ3n) is 4.26. The fraction of sp³-hybridized carbons (Fsp3) is 0.786. The van der Waals surface area contributed by atoms with E-state index in [-0.39, 0.29) is 0 Å². The molecule has 0 bridgehead atoms. The molecule has 0 aromatic carbocycles. The number of hydrogen-bond donors (Lipinski definition) is 1. The van der Waals surface area contributed by atoms with E-state index in [4.69, 9.17) is 0 Å². The zero-order chi connectivity index (χ0) is 14.9. The van der Waals surface area contributed by atoms with Gasteiger partial charge in [0.15, 0.2) is 0 Å². The molecule has 6 nitrogen and oxygen atoms in total. The maximum Gasteiger partial charge on any atom is 0.211 e. The lowest BCUT2D eigenvalue weighted by molar-refractivity contribution is 0.246. The Morgan fingerprint density at radius 2 is 2.19 bits per heavy atom. The van der Waals surface area contributed by atoms with Crippen LogP contribution in [0.1, 0.15) is 31.4 Å². The molecule has 1 aromatic heterocycles. The van der Waals surface area contributed by atoms with Gasteiger partial charge in [0.1, 0.15) is 0 Å². The molecular weight excluding hydrogens is 288 g/mol. The second-order valence-electron chi connectivity index (χ2n) is 6.35. The second-order valence-corrected chi connectivity index (χ2v) is 8.33. The average molecular weight is 312 g/mol. The zero-order valence-corrected chi connectivity index (χ0v) is 13.3. The van der Waals surface area contributed by atoms with Crippen LogP contribution in [0.2, 0.25) is 0 Å². The lowest BCUT2D eigenvalue weighted by Gasteiger charge is -2.31. The molecule has 0 radical (unpaired) electrons. The molecule has 1 aliphatic heterocycles. The van der Waals surface area contributed by atoms with Crippen molar-refractivity contribution >= 4 is 10.0 Å². The summed E-state index contributed by atoms with van der Waals surface area (Å²) >= 11 is 0. The molecule has 2 fully saturated rings. The van der Waals surface area contributed by atoms with Gasteiger partial charge in [-0.2, -0.15) is 0 Å². The molecular formula is C14H24N4O2S. The van der Waals surface area contributed by atoms with E-state index >= 15 is 0 Å². The van der Waals surface area contributed by atoms with Crippen LogP contribution in [0.25, 0.3) is 0 Å². The number of nitrogens with one attached hydrogen (secondary N) is 1. The lowest BCUT2D eigenvalue weighted by atomic mass is 10.00. The number of imidazole rings is 1. The van der Waals surface area contributed by atoms with Gasteiger partial charge in [-0.15, -0.1) is 0 Å². The predicted octanol–water partition coefficient (Wildman–Crippen LogP) is 0.807. The van der Waals surface area contributed by atoms with Crippen molar-refractivity contribution in [3.05, 3.63) is 18.2 Å². The number of hydrogen-bond acceptors (Lipinski definition) is 4. The van der Waals surface area contributed by atoms with Crippen molar-refractivity contribution in [2.24, 2.45) is 5.92 Å². The van der Waals surface area contributed by atoms with Crippen LogP contribution in [-0.4, -0.2) is 47.7 Å². The van der Waals surface area contributed by atoms with E-state index in [2.05, 4.69) is 21.1 Å². The third-order valence-corrected chi connectivity index (χ3v) is 5.53. The molecule has 2 heterocycles. The van der Waals surface area contributed by atoms with Crippen LogP contribution in [0.5, 0.6) is 0 Å². The van der Waals surface area contributed by atoms with Crippen LogP contribution < -0.4 is 5.32 Å². The first-order chi connectivity index (χ1) is 10.0. The Morgan fingerprint density at radius 3 is 2.90 bits per heavy atom. The summed E-state index contributed by atoms with van der Waals surface area (Å²) < 4.78 is 27.0. The molecule has 2 aliphatic rings. The number of sulfonamides is 1. The van der Waals surface area contributed by atoms with Gasteiger partial charge in [0, 0.05) is 38.4 Å². The smallest absolute Gasteiger partial charge is 0.211 e. The van der Waals surface area contributed by atoms with Crippen molar-refractivity contribution < 1.29 is 8.42 Å². The van der Waals surface area contributed by atoms with E-state index in [0.29, 0.717) is 25.0 Å². The van der Waals surface area contributed by atoms with Crippen molar-refractivity contribution in [2.75, 3.05) is 19.3 Å². The molecule has 1 saturated heterocycles. The minimum Gasteiger partial charge on any atom is -0.337 e. The van der Waals surface area contributed by atoms with E-state index in [9.17, 15) is 8.42 Å². The highest BCUT2D eigenvalue weighted by Gasteiger charge is 2.26. The summed E-state index contributed by atoms with van der Waals surface area (Å²) in [6, 6.07) is 0.691. The van der Waals surface area contributed by atoms with Gasteiger partial charge in [-0.05, 0) is 31.6 Å². The second kappa shape index (κ2) is 6.06. The summed E-state index contributed by atoms with van der Waals surface area (Å²) in [4.78, 5) is 4.42. The van der Waals surface area contributed by atoms with Crippen molar-refractivity contribution in [1.82, 2.24) is 19.2 Å². The summed E-state index contributed by atoms with van der Waals surface area (Å²) in [5.74, 6) is 0.381. The quantitative estimate of drug-likeness (QED) is 0.844. The normalized spacial score (nSPS) is 24.3. The number of aromatic nitrogens is 2. The summed E-state index contributed by atoms with van der Waals surface area (Å²) in [6.45, 7) is 2.97. The van der Waals surface area contributed by atoms with Gasteiger partial charge < -0.3 is 9.88 Å².